The summed E-state index contributed by atoms with van der Waals surface area (Å²) in [6.45, 7) is 6.47. The normalized spacial score (nSPS) is 12.9. The first-order chi connectivity index (χ1) is 36.0. The van der Waals surface area contributed by atoms with Crippen LogP contribution in [0.3, 0.4) is 0 Å². The summed E-state index contributed by atoms with van der Waals surface area (Å²) in [6.07, 6.45) is 82.3. The lowest BCUT2D eigenvalue weighted by Gasteiger charge is -2.18. The van der Waals surface area contributed by atoms with Gasteiger partial charge in [0.05, 0.1) is 0 Å². The molecule has 0 saturated carbocycles. The van der Waals surface area contributed by atoms with E-state index in [9.17, 15) is 14.4 Å². The van der Waals surface area contributed by atoms with Gasteiger partial charge in [0.25, 0.3) is 0 Å². The van der Waals surface area contributed by atoms with E-state index in [-0.39, 0.29) is 31.1 Å². The Morgan fingerprint density at radius 2 is 0.548 bits per heavy atom. The molecule has 1 atom stereocenters. The molecule has 0 spiro atoms. The van der Waals surface area contributed by atoms with Gasteiger partial charge < -0.3 is 14.2 Å². The quantitative estimate of drug-likeness (QED) is 0.0261. The molecule has 0 aromatic rings. The molecule has 1 unspecified atom stereocenters. The number of ether oxygens (including phenoxy) is 3. The highest BCUT2D eigenvalue weighted by Crippen LogP contribution is 2.15. The molecule has 416 valence electrons. The Kier molecular flexibility index (Phi) is 57.4. The van der Waals surface area contributed by atoms with E-state index in [1.807, 2.05) is 0 Å². The highest BCUT2D eigenvalue weighted by atomic mass is 16.6. The zero-order valence-electron chi connectivity index (χ0n) is 47.6. The van der Waals surface area contributed by atoms with Crippen molar-refractivity contribution in [2.45, 2.75) is 284 Å². The van der Waals surface area contributed by atoms with Crippen molar-refractivity contribution in [2.75, 3.05) is 13.2 Å². The van der Waals surface area contributed by atoms with Gasteiger partial charge in [-0.2, -0.15) is 0 Å². The van der Waals surface area contributed by atoms with E-state index in [1.165, 1.54) is 103 Å². The fourth-order valence-electron chi connectivity index (χ4n) is 8.20. The molecule has 0 radical (unpaired) electrons. The number of rotatable bonds is 54. The fourth-order valence-corrected chi connectivity index (χ4v) is 8.20. The monoisotopic (exact) mass is 1010 g/mol. The number of hydrogen-bond donors (Lipinski definition) is 0. The molecule has 0 aliphatic carbocycles. The van der Waals surface area contributed by atoms with E-state index in [4.69, 9.17) is 14.2 Å². The third-order valence-electron chi connectivity index (χ3n) is 12.8. The van der Waals surface area contributed by atoms with Gasteiger partial charge in [-0.1, -0.05) is 265 Å². The Hall–Kier alpha value is -3.93. The molecule has 0 aromatic carbocycles. The van der Waals surface area contributed by atoms with E-state index in [2.05, 4.69) is 130 Å². The minimum Gasteiger partial charge on any atom is -0.462 e. The van der Waals surface area contributed by atoms with Crippen LogP contribution in [0.1, 0.15) is 278 Å². The SMILES string of the molecule is CC/C=C\C/C=C\C/C=C\C/C=C\C/C=C\C/C=C\C/C=C\CCCCCCCCCC(=O)OCC(COC(=O)CCCCCCCCCCCCCC)OC(=O)CCCCCCC/C=C\C/C=C\CCCC. The molecule has 0 N–H and O–H groups in total. The summed E-state index contributed by atoms with van der Waals surface area (Å²) < 4.78 is 16.9. The van der Waals surface area contributed by atoms with E-state index in [0.29, 0.717) is 19.3 Å². The van der Waals surface area contributed by atoms with Crippen LogP contribution >= 0.6 is 0 Å². The minimum absolute atomic E-state index is 0.0859. The topological polar surface area (TPSA) is 78.9 Å². The molecule has 0 aromatic heterocycles. The maximum absolute atomic E-state index is 12.8. The highest BCUT2D eigenvalue weighted by Gasteiger charge is 2.19. The Morgan fingerprint density at radius 3 is 0.877 bits per heavy atom. The molecule has 6 nitrogen and oxygen atoms in total. The zero-order valence-corrected chi connectivity index (χ0v) is 47.6. The van der Waals surface area contributed by atoms with Crippen LogP contribution in [0.4, 0.5) is 0 Å². The van der Waals surface area contributed by atoms with E-state index in [0.717, 1.165) is 135 Å². The zero-order chi connectivity index (χ0) is 52.9. The molecule has 0 heterocycles. The lowest BCUT2D eigenvalue weighted by atomic mass is 10.0. The van der Waals surface area contributed by atoms with Gasteiger partial charge in [0.1, 0.15) is 13.2 Å². The average Bonchev–Trinajstić information content (AvgIpc) is 3.39. The summed E-state index contributed by atoms with van der Waals surface area (Å²) in [4.78, 5) is 38.2. The number of esters is 3. The largest absolute Gasteiger partial charge is 0.462 e. The minimum atomic E-state index is -0.790. The molecule has 0 fully saturated rings. The van der Waals surface area contributed by atoms with Gasteiger partial charge in [0.15, 0.2) is 6.10 Å². The van der Waals surface area contributed by atoms with Gasteiger partial charge in [-0.3, -0.25) is 14.4 Å². The molecule has 0 saturated heterocycles. The Balaban J connectivity index is 4.30. The molecular formula is C67H112O6. The van der Waals surface area contributed by atoms with Crippen molar-refractivity contribution in [2.24, 2.45) is 0 Å². The maximum Gasteiger partial charge on any atom is 0.306 e. The van der Waals surface area contributed by atoms with Crippen LogP contribution < -0.4 is 0 Å². The van der Waals surface area contributed by atoms with Crippen molar-refractivity contribution in [3.63, 3.8) is 0 Å². The first kappa shape index (κ1) is 69.1. The van der Waals surface area contributed by atoms with Crippen molar-refractivity contribution in [1.82, 2.24) is 0 Å². The van der Waals surface area contributed by atoms with Gasteiger partial charge in [-0.05, 0) is 103 Å². The number of unbranched alkanes of at least 4 members (excludes halogenated alkanes) is 25. The second kappa shape index (κ2) is 60.6. The Bertz CT molecular complexity index is 1490. The van der Waals surface area contributed by atoms with Crippen LogP contribution in [0.25, 0.3) is 0 Å². The smallest absolute Gasteiger partial charge is 0.306 e. The summed E-state index contributed by atoms with van der Waals surface area (Å²) in [6, 6.07) is 0. The number of hydrogen-bond acceptors (Lipinski definition) is 6. The molecule has 0 bridgehead atoms. The van der Waals surface area contributed by atoms with Crippen molar-refractivity contribution in [3.05, 3.63) is 109 Å². The molecule has 0 aliphatic heterocycles. The van der Waals surface area contributed by atoms with E-state index >= 15 is 0 Å². The van der Waals surface area contributed by atoms with E-state index < -0.39 is 6.10 Å². The van der Waals surface area contributed by atoms with Crippen LogP contribution in [0.5, 0.6) is 0 Å². The average molecular weight is 1010 g/mol. The lowest BCUT2D eigenvalue weighted by molar-refractivity contribution is -0.167. The van der Waals surface area contributed by atoms with Crippen LogP contribution in [-0.4, -0.2) is 37.2 Å². The summed E-state index contributed by atoms with van der Waals surface area (Å²) in [5.74, 6) is -0.908. The maximum atomic E-state index is 12.8. The van der Waals surface area contributed by atoms with Crippen molar-refractivity contribution >= 4 is 17.9 Å². The molecule has 73 heavy (non-hydrogen) atoms. The summed E-state index contributed by atoms with van der Waals surface area (Å²) >= 11 is 0. The van der Waals surface area contributed by atoms with Gasteiger partial charge in [-0.25, -0.2) is 0 Å². The van der Waals surface area contributed by atoms with Gasteiger partial charge in [-0.15, -0.1) is 0 Å². The van der Waals surface area contributed by atoms with Crippen LogP contribution in [0.2, 0.25) is 0 Å². The molecule has 0 amide bonds. The van der Waals surface area contributed by atoms with Gasteiger partial charge in [0.2, 0.25) is 0 Å². The van der Waals surface area contributed by atoms with E-state index in [1.54, 1.807) is 0 Å². The number of allylic oxidation sites excluding steroid dienone is 18. The Morgan fingerprint density at radius 1 is 0.288 bits per heavy atom. The molecule has 0 aliphatic rings. The lowest BCUT2D eigenvalue weighted by Crippen LogP contribution is -2.30. The van der Waals surface area contributed by atoms with Crippen molar-refractivity contribution < 1.29 is 28.6 Å². The number of carbonyl (C=O) groups excluding carboxylic acids is 3. The summed E-state index contributed by atoms with van der Waals surface area (Å²) in [7, 11) is 0. The molecule has 6 heteroatoms. The second-order valence-corrected chi connectivity index (χ2v) is 19.9. The molecular weight excluding hydrogens is 901 g/mol. The first-order valence-corrected chi connectivity index (χ1v) is 30.4. The standard InChI is InChI=1S/C67H112O6/c1-4-7-10-13-16-19-22-25-27-28-29-30-31-32-33-34-35-36-37-38-39-40-41-43-45-48-51-54-57-60-66(69)72-63-64(62-71-65(68)59-56-53-50-47-44-24-21-18-15-12-9-6-3)73-67(70)61-58-55-52-49-46-42-26-23-20-17-14-11-8-5-2/h7,10,14,16-17,19,23,25-27,29-30,32-33,35-36,38-39,64H,4-6,8-9,11-13,15,18,20-22,24,28,31,34,37,40-63H2,1-3H3/b10-7-,17-14-,19-16-,26-23-,27-25-,30-29-,33-32-,36-35-,39-38-. The molecule has 0 rings (SSSR count). The van der Waals surface area contributed by atoms with Crippen molar-refractivity contribution in [3.8, 4) is 0 Å². The highest BCUT2D eigenvalue weighted by molar-refractivity contribution is 5.71. The summed E-state index contributed by atoms with van der Waals surface area (Å²) in [5.41, 5.74) is 0. The van der Waals surface area contributed by atoms with Gasteiger partial charge >= 0.3 is 17.9 Å². The second-order valence-electron chi connectivity index (χ2n) is 19.9. The summed E-state index contributed by atoms with van der Waals surface area (Å²) in [5, 5.41) is 0. The Labute approximate surface area is 450 Å². The predicted octanol–water partition coefficient (Wildman–Crippen LogP) is 20.7. The third kappa shape index (κ3) is 58.8. The fraction of sp³-hybridized carbons (Fsp3) is 0.687. The van der Waals surface area contributed by atoms with Gasteiger partial charge in [0, 0.05) is 19.3 Å². The van der Waals surface area contributed by atoms with Crippen LogP contribution in [0.15, 0.2) is 109 Å². The predicted molar refractivity (Wildman–Crippen MR) is 316 cm³/mol. The van der Waals surface area contributed by atoms with Crippen LogP contribution in [0, 0.1) is 0 Å². The number of carbonyl (C=O) groups is 3. The van der Waals surface area contributed by atoms with Crippen LogP contribution in [-0.2, 0) is 28.6 Å². The van der Waals surface area contributed by atoms with Crippen molar-refractivity contribution in [1.29, 1.82) is 0 Å². The first-order valence-electron chi connectivity index (χ1n) is 30.4. The third-order valence-corrected chi connectivity index (χ3v) is 12.8.